The molecule has 5 rings (SSSR count). The number of aromatic nitrogens is 1. The fourth-order valence-corrected chi connectivity index (χ4v) is 3.92. The van der Waals surface area contributed by atoms with Crippen LogP contribution in [0, 0.1) is 0 Å². The van der Waals surface area contributed by atoms with E-state index in [9.17, 15) is 10.0 Å². The topological polar surface area (TPSA) is 45.4 Å². The predicted molar refractivity (Wildman–Crippen MR) is 126 cm³/mol. The number of nitrogens with zero attached hydrogens (tertiary/aromatic N) is 1. The summed E-state index contributed by atoms with van der Waals surface area (Å²) in [5.74, 6) is 0. The Hall–Kier alpha value is -3.60. The van der Waals surface area contributed by atoms with Crippen molar-refractivity contribution >= 4 is 46.5 Å². The standard InChI is InChI=1S/C26H20BNO2/c29-27(30)21-15-12-19(13-16-21)10-11-20-14-17-26-24(18-20)23-8-4-5-9-25(23)28(26)22-6-2-1-3-7-22/h1-18,29-30H. The molecule has 4 heteroatoms. The molecule has 0 saturated carbocycles. The van der Waals surface area contributed by atoms with Gasteiger partial charge >= 0.3 is 7.12 Å². The molecule has 5 aromatic rings. The van der Waals surface area contributed by atoms with E-state index >= 15 is 0 Å². The highest BCUT2D eigenvalue weighted by molar-refractivity contribution is 6.58. The van der Waals surface area contributed by atoms with E-state index in [2.05, 4.69) is 77.4 Å². The van der Waals surface area contributed by atoms with E-state index in [-0.39, 0.29) is 0 Å². The first-order valence-corrected chi connectivity index (χ1v) is 9.93. The summed E-state index contributed by atoms with van der Waals surface area (Å²) in [6.07, 6.45) is 4.11. The smallest absolute Gasteiger partial charge is 0.423 e. The summed E-state index contributed by atoms with van der Waals surface area (Å²) in [5, 5.41) is 20.9. The molecule has 0 unspecified atom stereocenters. The zero-order valence-corrected chi connectivity index (χ0v) is 16.3. The highest BCUT2D eigenvalue weighted by atomic mass is 16.4. The van der Waals surface area contributed by atoms with Crippen molar-refractivity contribution in [2.24, 2.45) is 0 Å². The van der Waals surface area contributed by atoms with Gasteiger partial charge in [0.1, 0.15) is 0 Å². The Balaban J connectivity index is 1.59. The normalized spacial score (nSPS) is 11.5. The van der Waals surface area contributed by atoms with E-state index in [0.717, 1.165) is 16.8 Å². The Bertz CT molecular complexity index is 1350. The van der Waals surface area contributed by atoms with E-state index in [1.54, 1.807) is 12.1 Å². The molecule has 144 valence electrons. The van der Waals surface area contributed by atoms with Crippen molar-refractivity contribution in [3.8, 4) is 5.69 Å². The zero-order chi connectivity index (χ0) is 20.5. The van der Waals surface area contributed by atoms with E-state index in [4.69, 9.17) is 0 Å². The van der Waals surface area contributed by atoms with Crippen molar-refractivity contribution in [2.75, 3.05) is 0 Å². The monoisotopic (exact) mass is 389 g/mol. The summed E-state index contributed by atoms with van der Waals surface area (Å²) in [7, 11) is -1.44. The molecule has 4 aromatic carbocycles. The second kappa shape index (κ2) is 7.67. The van der Waals surface area contributed by atoms with Crippen molar-refractivity contribution in [3.05, 3.63) is 108 Å². The van der Waals surface area contributed by atoms with Crippen LogP contribution in [-0.2, 0) is 0 Å². The number of rotatable bonds is 4. The SMILES string of the molecule is OB(O)c1ccc(C=Cc2ccc3c(c2)c2ccccc2n3-c2ccccc2)cc1. The van der Waals surface area contributed by atoms with E-state index in [1.807, 2.05) is 24.3 Å². The summed E-state index contributed by atoms with van der Waals surface area (Å²) in [4.78, 5) is 0. The van der Waals surface area contributed by atoms with Crippen LogP contribution in [0.15, 0.2) is 97.1 Å². The van der Waals surface area contributed by atoms with Crippen molar-refractivity contribution in [3.63, 3.8) is 0 Å². The summed E-state index contributed by atoms with van der Waals surface area (Å²) >= 11 is 0. The molecule has 0 aliphatic carbocycles. The third-order valence-electron chi connectivity index (χ3n) is 5.41. The van der Waals surface area contributed by atoms with Crippen LogP contribution in [0.3, 0.4) is 0 Å². The molecule has 0 atom stereocenters. The molecule has 0 spiro atoms. The summed E-state index contributed by atoms with van der Waals surface area (Å²) in [6, 6.07) is 32.6. The quantitative estimate of drug-likeness (QED) is 0.348. The summed E-state index contributed by atoms with van der Waals surface area (Å²) in [6.45, 7) is 0. The van der Waals surface area contributed by atoms with Gasteiger partial charge in [0.15, 0.2) is 0 Å². The van der Waals surface area contributed by atoms with Crippen LogP contribution in [0.25, 0.3) is 39.6 Å². The maximum atomic E-state index is 9.23. The largest absolute Gasteiger partial charge is 0.488 e. The van der Waals surface area contributed by atoms with Crippen LogP contribution < -0.4 is 5.46 Å². The van der Waals surface area contributed by atoms with Gasteiger partial charge in [0.05, 0.1) is 11.0 Å². The van der Waals surface area contributed by atoms with Gasteiger partial charge in [0, 0.05) is 16.5 Å². The van der Waals surface area contributed by atoms with E-state index < -0.39 is 7.12 Å². The van der Waals surface area contributed by atoms with Crippen molar-refractivity contribution < 1.29 is 10.0 Å². The number of benzene rings is 4. The van der Waals surface area contributed by atoms with Crippen molar-refractivity contribution in [1.82, 2.24) is 4.57 Å². The molecule has 0 aliphatic heterocycles. The van der Waals surface area contributed by atoms with Gasteiger partial charge in [-0.1, -0.05) is 78.9 Å². The maximum absolute atomic E-state index is 9.23. The summed E-state index contributed by atoms with van der Waals surface area (Å²) in [5.41, 5.74) is 6.13. The fourth-order valence-electron chi connectivity index (χ4n) is 3.92. The van der Waals surface area contributed by atoms with E-state index in [0.29, 0.717) is 5.46 Å². The number of hydrogen-bond acceptors (Lipinski definition) is 2. The van der Waals surface area contributed by atoms with Crippen LogP contribution in [0.1, 0.15) is 11.1 Å². The number of fused-ring (bicyclic) bond motifs is 3. The third kappa shape index (κ3) is 3.33. The van der Waals surface area contributed by atoms with Gasteiger partial charge in [-0.05, 0) is 46.9 Å². The predicted octanol–water partition coefficient (Wildman–Crippen LogP) is 4.63. The Kier molecular flexibility index (Phi) is 4.72. The van der Waals surface area contributed by atoms with Crippen LogP contribution in [0.2, 0.25) is 0 Å². The highest BCUT2D eigenvalue weighted by Crippen LogP contribution is 2.32. The fraction of sp³-hybridized carbons (Fsp3) is 0. The van der Waals surface area contributed by atoms with Gasteiger partial charge in [0.2, 0.25) is 0 Å². The lowest BCUT2D eigenvalue weighted by atomic mass is 9.80. The van der Waals surface area contributed by atoms with Crippen LogP contribution in [0.4, 0.5) is 0 Å². The number of para-hydroxylation sites is 2. The molecule has 30 heavy (non-hydrogen) atoms. The van der Waals surface area contributed by atoms with Crippen molar-refractivity contribution in [1.29, 1.82) is 0 Å². The Morgan fingerprint density at radius 1 is 0.600 bits per heavy atom. The van der Waals surface area contributed by atoms with Gasteiger partial charge in [-0.3, -0.25) is 0 Å². The minimum Gasteiger partial charge on any atom is -0.423 e. The second-order valence-corrected chi connectivity index (χ2v) is 7.34. The molecular weight excluding hydrogens is 369 g/mol. The van der Waals surface area contributed by atoms with Gasteiger partial charge in [0.25, 0.3) is 0 Å². The average molecular weight is 389 g/mol. The van der Waals surface area contributed by atoms with Crippen molar-refractivity contribution in [2.45, 2.75) is 0 Å². The first-order chi connectivity index (χ1) is 14.7. The Morgan fingerprint density at radius 2 is 1.23 bits per heavy atom. The Labute approximate surface area is 175 Å². The van der Waals surface area contributed by atoms with Crippen LogP contribution in [0.5, 0.6) is 0 Å². The van der Waals surface area contributed by atoms with Gasteiger partial charge in [-0.15, -0.1) is 0 Å². The lowest BCUT2D eigenvalue weighted by molar-refractivity contribution is 0.426. The molecular formula is C26H20BNO2. The molecule has 3 nitrogen and oxygen atoms in total. The first kappa shape index (κ1) is 18.4. The molecule has 0 bridgehead atoms. The summed E-state index contributed by atoms with van der Waals surface area (Å²) < 4.78 is 2.30. The lowest BCUT2D eigenvalue weighted by Crippen LogP contribution is -2.29. The minimum atomic E-state index is -1.44. The van der Waals surface area contributed by atoms with Gasteiger partial charge in [-0.2, -0.15) is 0 Å². The van der Waals surface area contributed by atoms with Crippen LogP contribution >= 0.6 is 0 Å². The highest BCUT2D eigenvalue weighted by Gasteiger charge is 2.12. The maximum Gasteiger partial charge on any atom is 0.488 e. The van der Waals surface area contributed by atoms with Gasteiger partial charge < -0.3 is 14.6 Å². The third-order valence-corrected chi connectivity index (χ3v) is 5.41. The molecule has 1 aromatic heterocycles. The van der Waals surface area contributed by atoms with E-state index in [1.165, 1.54) is 21.8 Å². The molecule has 2 N–H and O–H groups in total. The zero-order valence-electron chi connectivity index (χ0n) is 16.3. The minimum absolute atomic E-state index is 0.488. The molecule has 1 heterocycles. The first-order valence-electron chi connectivity index (χ1n) is 9.93. The number of hydrogen-bond donors (Lipinski definition) is 2. The molecule has 0 aliphatic rings. The molecule has 0 saturated heterocycles. The molecule has 0 radical (unpaired) electrons. The van der Waals surface area contributed by atoms with Gasteiger partial charge in [-0.25, -0.2) is 0 Å². The molecule has 0 fully saturated rings. The molecule has 0 amide bonds. The second-order valence-electron chi connectivity index (χ2n) is 7.34. The average Bonchev–Trinajstić information content (AvgIpc) is 3.12. The Morgan fingerprint density at radius 3 is 2.00 bits per heavy atom. The lowest BCUT2D eigenvalue weighted by Gasteiger charge is -2.07. The van der Waals surface area contributed by atoms with Crippen LogP contribution in [-0.4, -0.2) is 21.7 Å².